The van der Waals surface area contributed by atoms with E-state index in [0.717, 1.165) is 57.7 Å². The molecule has 6 nitrogen and oxygen atoms in total. The Morgan fingerprint density at radius 3 is 2.82 bits per heavy atom. The first kappa shape index (κ1) is 17.0. The van der Waals surface area contributed by atoms with Gasteiger partial charge in [0.1, 0.15) is 0 Å². The first-order valence-electron chi connectivity index (χ1n) is 8.42. The molecule has 0 unspecified atom stereocenters. The summed E-state index contributed by atoms with van der Waals surface area (Å²) < 4.78 is 5.18. The van der Waals surface area contributed by atoms with Gasteiger partial charge < -0.3 is 20.1 Å². The number of carbonyl (C=O) groups is 1. The largest absolute Gasteiger partial charge is 0.351 e. The first-order valence-corrected chi connectivity index (χ1v) is 8.42. The maximum atomic E-state index is 12.0. The van der Waals surface area contributed by atoms with Gasteiger partial charge in [-0.15, -0.1) is 0 Å². The van der Waals surface area contributed by atoms with Crippen molar-refractivity contribution in [2.75, 3.05) is 39.3 Å². The maximum absolute atomic E-state index is 12.0. The number of nitrogens with zero attached hydrogens (tertiary/aromatic N) is 2. The predicted octanol–water partition coefficient (Wildman–Crippen LogP) is 1.60. The summed E-state index contributed by atoms with van der Waals surface area (Å²) in [6.45, 7) is 10.2. The van der Waals surface area contributed by atoms with Gasteiger partial charge in [0.25, 0.3) is 5.91 Å². The highest BCUT2D eigenvalue weighted by atomic mass is 16.5. The minimum Gasteiger partial charge on any atom is -0.351 e. The second kappa shape index (κ2) is 8.90. The van der Waals surface area contributed by atoms with Crippen LogP contribution < -0.4 is 10.6 Å². The zero-order chi connectivity index (χ0) is 15.8. The van der Waals surface area contributed by atoms with Gasteiger partial charge in [0.05, 0.1) is 5.69 Å². The van der Waals surface area contributed by atoms with Gasteiger partial charge in [-0.1, -0.05) is 19.0 Å². The van der Waals surface area contributed by atoms with E-state index in [-0.39, 0.29) is 5.91 Å². The van der Waals surface area contributed by atoms with Crippen molar-refractivity contribution in [1.82, 2.24) is 20.7 Å². The highest BCUT2D eigenvalue weighted by Crippen LogP contribution is 2.22. The van der Waals surface area contributed by atoms with Crippen LogP contribution in [0.1, 0.15) is 55.3 Å². The number of piperazine rings is 1. The molecule has 0 aliphatic carbocycles. The smallest absolute Gasteiger partial charge is 0.289 e. The number of hydrogen-bond donors (Lipinski definition) is 2. The number of nitrogens with one attached hydrogen (secondary N) is 2. The van der Waals surface area contributed by atoms with Crippen LogP contribution in [-0.2, 0) is 0 Å². The number of carbonyl (C=O) groups excluding carboxylic acids is 1. The molecule has 22 heavy (non-hydrogen) atoms. The van der Waals surface area contributed by atoms with Crippen molar-refractivity contribution in [3.63, 3.8) is 0 Å². The van der Waals surface area contributed by atoms with Crippen LogP contribution in [0.25, 0.3) is 0 Å². The summed E-state index contributed by atoms with van der Waals surface area (Å²) in [6, 6.07) is 1.78. The molecule has 1 aromatic heterocycles. The Balaban J connectivity index is 1.70. The van der Waals surface area contributed by atoms with Gasteiger partial charge in [0, 0.05) is 44.7 Å². The SMILES string of the molecule is CCC(CC)c1cc(C(=O)NCCCN2CCNCC2)on1. The van der Waals surface area contributed by atoms with Crippen molar-refractivity contribution in [2.24, 2.45) is 0 Å². The number of rotatable bonds is 8. The lowest BCUT2D eigenvalue weighted by Gasteiger charge is -2.26. The van der Waals surface area contributed by atoms with Gasteiger partial charge in [-0.25, -0.2) is 0 Å². The molecule has 2 N–H and O–H groups in total. The molecule has 124 valence electrons. The molecule has 1 saturated heterocycles. The molecule has 0 radical (unpaired) electrons. The van der Waals surface area contributed by atoms with E-state index in [1.807, 2.05) is 0 Å². The van der Waals surface area contributed by atoms with Gasteiger partial charge in [-0.3, -0.25) is 4.79 Å². The summed E-state index contributed by atoms with van der Waals surface area (Å²) in [5.74, 6) is 0.534. The van der Waals surface area contributed by atoms with Crippen molar-refractivity contribution >= 4 is 5.91 Å². The van der Waals surface area contributed by atoms with Crippen LogP contribution in [0, 0.1) is 0 Å². The van der Waals surface area contributed by atoms with E-state index in [2.05, 4.69) is 34.5 Å². The molecule has 1 amide bonds. The molecule has 6 heteroatoms. The Kier molecular flexibility index (Phi) is 6.86. The summed E-state index contributed by atoms with van der Waals surface area (Å²) in [6.07, 6.45) is 2.98. The van der Waals surface area contributed by atoms with Gasteiger partial charge in [0.15, 0.2) is 0 Å². The predicted molar refractivity (Wildman–Crippen MR) is 86.1 cm³/mol. The van der Waals surface area contributed by atoms with Crippen molar-refractivity contribution in [2.45, 2.75) is 39.0 Å². The number of hydrogen-bond acceptors (Lipinski definition) is 5. The van der Waals surface area contributed by atoms with E-state index in [9.17, 15) is 4.79 Å². The average Bonchev–Trinajstić information content (AvgIpc) is 3.03. The van der Waals surface area contributed by atoms with Gasteiger partial charge in [0.2, 0.25) is 5.76 Å². The quantitative estimate of drug-likeness (QED) is 0.714. The Morgan fingerprint density at radius 1 is 1.41 bits per heavy atom. The third-order valence-corrected chi connectivity index (χ3v) is 4.30. The molecule has 1 fully saturated rings. The van der Waals surface area contributed by atoms with Crippen LogP contribution in [0.3, 0.4) is 0 Å². The lowest BCUT2D eigenvalue weighted by molar-refractivity contribution is 0.0914. The molecule has 0 atom stereocenters. The average molecular weight is 308 g/mol. The molecule has 1 aromatic rings. The van der Waals surface area contributed by atoms with Crippen LogP contribution in [0.5, 0.6) is 0 Å². The summed E-state index contributed by atoms with van der Waals surface area (Å²) in [4.78, 5) is 14.5. The standard InChI is InChI=1S/C16H28N4O2/c1-3-13(4-2)14-12-15(22-19-14)16(21)18-6-5-9-20-10-7-17-8-11-20/h12-13,17H,3-11H2,1-2H3,(H,18,21). The zero-order valence-corrected chi connectivity index (χ0v) is 13.7. The van der Waals surface area contributed by atoms with Crippen LogP contribution in [0.4, 0.5) is 0 Å². The Bertz CT molecular complexity index is 451. The lowest BCUT2D eigenvalue weighted by Crippen LogP contribution is -2.44. The third-order valence-electron chi connectivity index (χ3n) is 4.30. The minimum absolute atomic E-state index is 0.162. The molecule has 0 saturated carbocycles. The van der Waals surface area contributed by atoms with E-state index in [4.69, 9.17) is 4.52 Å². The van der Waals surface area contributed by atoms with Crippen LogP contribution in [-0.4, -0.2) is 55.2 Å². The summed E-state index contributed by atoms with van der Waals surface area (Å²) >= 11 is 0. The van der Waals surface area contributed by atoms with Crippen molar-refractivity contribution in [3.8, 4) is 0 Å². The Labute approximate surface area is 132 Å². The second-order valence-electron chi connectivity index (χ2n) is 5.83. The second-order valence-corrected chi connectivity index (χ2v) is 5.83. The van der Waals surface area contributed by atoms with E-state index in [1.54, 1.807) is 6.07 Å². The summed E-state index contributed by atoms with van der Waals surface area (Å²) in [5.41, 5.74) is 0.885. The van der Waals surface area contributed by atoms with E-state index >= 15 is 0 Å². The fourth-order valence-corrected chi connectivity index (χ4v) is 2.82. The molecular formula is C16H28N4O2. The topological polar surface area (TPSA) is 70.4 Å². The lowest BCUT2D eigenvalue weighted by atomic mass is 9.99. The van der Waals surface area contributed by atoms with Gasteiger partial charge in [-0.05, 0) is 25.8 Å². The van der Waals surface area contributed by atoms with Crippen molar-refractivity contribution in [3.05, 3.63) is 17.5 Å². The third kappa shape index (κ3) is 4.81. The molecule has 1 aliphatic rings. The first-order chi connectivity index (χ1) is 10.7. The number of amides is 1. The molecular weight excluding hydrogens is 280 g/mol. The highest BCUT2D eigenvalue weighted by Gasteiger charge is 2.17. The number of aromatic nitrogens is 1. The normalized spacial score (nSPS) is 16.1. The Hall–Kier alpha value is -1.40. The maximum Gasteiger partial charge on any atom is 0.289 e. The van der Waals surface area contributed by atoms with Crippen LogP contribution in [0.2, 0.25) is 0 Å². The van der Waals surface area contributed by atoms with Gasteiger partial charge in [-0.2, -0.15) is 0 Å². The fraction of sp³-hybridized carbons (Fsp3) is 0.750. The summed E-state index contributed by atoms with van der Waals surface area (Å²) in [7, 11) is 0. The molecule has 2 heterocycles. The minimum atomic E-state index is -0.162. The van der Waals surface area contributed by atoms with Crippen LogP contribution in [0.15, 0.2) is 10.6 Å². The summed E-state index contributed by atoms with van der Waals surface area (Å²) in [5, 5.41) is 10.3. The molecule has 0 spiro atoms. The fourth-order valence-electron chi connectivity index (χ4n) is 2.82. The van der Waals surface area contributed by atoms with Crippen molar-refractivity contribution < 1.29 is 9.32 Å². The van der Waals surface area contributed by atoms with Gasteiger partial charge >= 0.3 is 0 Å². The molecule has 0 bridgehead atoms. The van der Waals surface area contributed by atoms with Crippen molar-refractivity contribution in [1.29, 1.82) is 0 Å². The monoisotopic (exact) mass is 308 g/mol. The molecule has 0 aromatic carbocycles. The van der Waals surface area contributed by atoms with Crippen LogP contribution >= 0.6 is 0 Å². The molecule has 1 aliphatic heterocycles. The van der Waals surface area contributed by atoms with E-state index in [0.29, 0.717) is 18.2 Å². The van der Waals surface area contributed by atoms with E-state index < -0.39 is 0 Å². The zero-order valence-electron chi connectivity index (χ0n) is 13.7. The highest BCUT2D eigenvalue weighted by molar-refractivity contribution is 5.91. The molecule has 2 rings (SSSR count). The van der Waals surface area contributed by atoms with E-state index in [1.165, 1.54) is 0 Å². The Morgan fingerprint density at radius 2 is 2.14 bits per heavy atom.